The Morgan fingerprint density at radius 1 is 0.235 bits per heavy atom. The monoisotopic (exact) mass is 867 g/mol. The van der Waals surface area contributed by atoms with Crippen LogP contribution in [0.4, 0.5) is 17.1 Å². The molecule has 0 fully saturated rings. The Morgan fingerprint density at radius 2 is 0.618 bits per heavy atom. The summed E-state index contributed by atoms with van der Waals surface area (Å²) < 4.78 is 6.31. The summed E-state index contributed by atoms with van der Waals surface area (Å²) in [5.74, 6) is 0. The summed E-state index contributed by atoms with van der Waals surface area (Å²) in [6.45, 7) is 0. The maximum atomic E-state index is 6.31. The van der Waals surface area contributed by atoms with E-state index in [9.17, 15) is 0 Å². The number of hydrogen-bond acceptors (Lipinski definition) is 2. The molecule has 0 amide bonds. The van der Waals surface area contributed by atoms with E-state index >= 15 is 0 Å². The maximum absolute atomic E-state index is 6.31. The largest absolute Gasteiger partial charge is 0.456 e. The molecular weight excluding hydrogens is 823 g/mol. The van der Waals surface area contributed by atoms with Crippen LogP contribution < -0.4 is 4.90 Å². The average Bonchev–Trinajstić information content (AvgIpc) is 3.81. The van der Waals surface area contributed by atoms with Crippen molar-refractivity contribution in [1.29, 1.82) is 0 Å². The van der Waals surface area contributed by atoms with Crippen LogP contribution in [0.15, 0.2) is 277 Å². The Kier molecular flexibility index (Phi) is 10.6. The molecule has 2 nitrogen and oxygen atoms in total. The van der Waals surface area contributed by atoms with Crippen molar-refractivity contribution < 1.29 is 4.42 Å². The van der Waals surface area contributed by atoms with Gasteiger partial charge >= 0.3 is 0 Å². The van der Waals surface area contributed by atoms with E-state index in [2.05, 4.69) is 266 Å². The van der Waals surface area contributed by atoms with Gasteiger partial charge in [-0.05, 0) is 133 Å². The molecule has 0 N–H and O–H groups in total. The van der Waals surface area contributed by atoms with Crippen molar-refractivity contribution in [2.45, 2.75) is 0 Å². The Balaban J connectivity index is 1.01. The third-order valence-corrected chi connectivity index (χ3v) is 13.1. The van der Waals surface area contributed by atoms with E-state index in [0.29, 0.717) is 0 Å². The second-order valence-electron chi connectivity index (χ2n) is 17.2. The van der Waals surface area contributed by atoms with Gasteiger partial charge in [-0.15, -0.1) is 0 Å². The summed E-state index contributed by atoms with van der Waals surface area (Å²) in [5.41, 5.74) is 21.4. The number of benzene rings is 11. The van der Waals surface area contributed by atoms with Crippen molar-refractivity contribution in [2.24, 2.45) is 0 Å². The van der Waals surface area contributed by atoms with E-state index in [1.54, 1.807) is 0 Å². The molecule has 0 aliphatic heterocycles. The van der Waals surface area contributed by atoms with Gasteiger partial charge in [0.15, 0.2) is 0 Å². The standard InChI is InChI=1S/C66H45NO/c1-4-19-46(20-5-1)51-43-52(47-21-6-2-7-22-47)45-53(44-51)48-35-39-54(40-36-48)67(55-41-37-50(38-42-55)57-31-18-34-65-66(57)62-30-15-17-33-64(62)68-65)63-32-16-14-29-61(63)60-28-13-12-27-59(60)58-26-11-10-25-56(58)49-23-8-3-9-24-49/h1-45H. The summed E-state index contributed by atoms with van der Waals surface area (Å²) in [7, 11) is 0. The molecule has 0 spiro atoms. The second kappa shape index (κ2) is 17.8. The van der Waals surface area contributed by atoms with E-state index < -0.39 is 0 Å². The van der Waals surface area contributed by atoms with Crippen molar-refractivity contribution in [3.63, 3.8) is 0 Å². The molecule has 0 unspecified atom stereocenters. The van der Waals surface area contributed by atoms with Crippen LogP contribution in [-0.4, -0.2) is 0 Å². The van der Waals surface area contributed by atoms with Gasteiger partial charge in [0.25, 0.3) is 0 Å². The molecule has 0 saturated heterocycles. The SMILES string of the molecule is c1ccc(-c2cc(-c3ccccc3)cc(-c3ccc(N(c4ccc(-c5cccc6oc7ccccc7c56)cc4)c4ccccc4-c4ccccc4-c4ccccc4-c4ccccc4)cc3)c2)cc1. The first kappa shape index (κ1) is 40.5. The number of para-hydroxylation sites is 2. The quantitative estimate of drug-likeness (QED) is 0.136. The van der Waals surface area contributed by atoms with Crippen LogP contribution in [0.25, 0.3) is 99.8 Å². The van der Waals surface area contributed by atoms with Gasteiger partial charge in [-0.1, -0.05) is 212 Å². The molecule has 0 radical (unpaired) electrons. The highest BCUT2D eigenvalue weighted by molar-refractivity contribution is 6.12. The molecule has 0 aliphatic carbocycles. The minimum absolute atomic E-state index is 0.890. The molecule has 320 valence electrons. The van der Waals surface area contributed by atoms with E-state index in [1.165, 1.54) is 50.1 Å². The highest BCUT2D eigenvalue weighted by Crippen LogP contribution is 2.46. The fraction of sp³-hybridized carbons (Fsp3) is 0. The second-order valence-corrected chi connectivity index (χ2v) is 17.2. The van der Waals surface area contributed by atoms with Crippen molar-refractivity contribution in [3.05, 3.63) is 273 Å². The fourth-order valence-electron chi connectivity index (χ4n) is 9.86. The fourth-order valence-corrected chi connectivity index (χ4v) is 9.86. The summed E-state index contributed by atoms with van der Waals surface area (Å²) in [6, 6.07) is 98.1. The van der Waals surface area contributed by atoms with Crippen molar-refractivity contribution in [2.75, 3.05) is 4.90 Å². The normalized spacial score (nSPS) is 11.2. The van der Waals surface area contributed by atoms with Crippen molar-refractivity contribution in [3.8, 4) is 77.9 Å². The molecular formula is C66H45NO. The van der Waals surface area contributed by atoms with Crippen LogP contribution in [0.1, 0.15) is 0 Å². The lowest BCUT2D eigenvalue weighted by atomic mass is 9.88. The predicted octanol–water partition coefficient (Wildman–Crippen LogP) is 18.7. The van der Waals surface area contributed by atoms with E-state index in [1.807, 2.05) is 12.1 Å². The molecule has 0 bridgehead atoms. The number of fused-ring (bicyclic) bond motifs is 3. The van der Waals surface area contributed by atoms with Crippen LogP contribution in [-0.2, 0) is 0 Å². The van der Waals surface area contributed by atoms with Crippen LogP contribution in [0, 0.1) is 0 Å². The Labute approximate surface area is 397 Å². The smallest absolute Gasteiger partial charge is 0.136 e. The van der Waals surface area contributed by atoms with Gasteiger partial charge in [0, 0.05) is 27.7 Å². The molecule has 12 aromatic rings. The van der Waals surface area contributed by atoms with E-state index in [-0.39, 0.29) is 0 Å². The highest BCUT2D eigenvalue weighted by atomic mass is 16.3. The lowest BCUT2D eigenvalue weighted by Crippen LogP contribution is -2.11. The zero-order valence-corrected chi connectivity index (χ0v) is 37.3. The van der Waals surface area contributed by atoms with Gasteiger partial charge in [-0.3, -0.25) is 0 Å². The summed E-state index contributed by atoms with van der Waals surface area (Å²) in [4.78, 5) is 2.41. The van der Waals surface area contributed by atoms with Gasteiger partial charge in [0.1, 0.15) is 11.2 Å². The van der Waals surface area contributed by atoms with Gasteiger partial charge in [-0.25, -0.2) is 0 Å². The Morgan fingerprint density at radius 3 is 1.21 bits per heavy atom. The molecule has 11 aromatic carbocycles. The third-order valence-electron chi connectivity index (χ3n) is 13.1. The van der Waals surface area contributed by atoms with Crippen LogP contribution in [0.3, 0.4) is 0 Å². The molecule has 1 heterocycles. The first-order valence-corrected chi connectivity index (χ1v) is 23.2. The minimum Gasteiger partial charge on any atom is -0.456 e. The van der Waals surface area contributed by atoms with Crippen LogP contribution >= 0.6 is 0 Å². The third kappa shape index (κ3) is 7.64. The zero-order chi connectivity index (χ0) is 45.2. The van der Waals surface area contributed by atoms with Crippen molar-refractivity contribution >= 4 is 39.0 Å². The number of rotatable bonds is 10. The van der Waals surface area contributed by atoms with Gasteiger partial charge in [0.2, 0.25) is 0 Å². The maximum Gasteiger partial charge on any atom is 0.136 e. The zero-order valence-electron chi connectivity index (χ0n) is 37.3. The van der Waals surface area contributed by atoms with Gasteiger partial charge < -0.3 is 9.32 Å². The van der Waals surface area contributed by atoms with Crippen LogP contribution in [0.2, 0.25) is 0 Å². The highest BCUT2D eigenvalue weighted by Gasteiger charge is 2.21. The summed E-state index contributed by atoms with van der Waals surface area (Å²) in [5, 5.41) is 2.25. The molecule has 2 heteroatoms. The van der Waals surface area contributed by atoms with Gasteiger partial charge in [-0.2, -0.15) is 0 Å². The minimum atomic E-state index is 0.890. The van der Waals surface area contributed by atoms with Crippen LogP contribution in [0.5, 0.6) is 0 Å². The number of furan rings is 1. The first-order valence-electron chi connectivity index (χ1n) is 23.2. The topological polar surface area (TPSA) is 16.4 Å². The lowest BCUT2D eigenvalue weighted by Gasteiger charge is -2.29. The Hall–Kier alpha value is -8.98. The summed E-state index contributed by atoms with van der Waals surface area (Å²) in [6.07, 6.45) is 0. The molecule has 12 rings (SSSR count). The molecule has 0 aliphatic rings. The average molecular weight is 868 g/mol. The van der Waals surface area contributed by atoms with E-state index in [0.717, 1.165) is 66.8 Å². The van der Waals surface area contributed by atoms with E-state index in [4.69, 9.17) is 4.42 Å². The summed E-state index contributed by atoms with van der Waals surface area (Å²) >= 11 is 0. The Bertz CT molecular complexity index is 3650. The van der Waals surface area contributed by atoms with Gasteiger partial charge in [0.05, 0.1) is 5.69 Å². The first-order chi connectivity index (χ1) is 33.7. The molecule has 0 atom stereocenters. The molecule has 1 aromatic heterocycles. The number of hydrogen-bond donors (Lipinski definition) is 0. The molecule has 68 heavy (non-hydrogen) atoms. The predicted molar refractivity (Wildman–Crippen MR) is 286 cm³/mol. The lowest BCUT2D eigenvalue weighted by molar-refractivity contribution is 0.669. The molecule has 0 saturated carbocycles. The number of nitrogens with zero attached hydrogens (tertiary/aromatic N) is 1. The number of anilines is 3. The van der Waals surface area contributed by atoms with Crippen molar-refractivity contribution in [1.82, 2.24) is 0 Å².